The Balaban J connectivity index is 1.88. The number of aryl methyl sites for hydroxylation is 3. The fourth-order valence-electron chi connectivity index (χ4n) is 2.51. The highest BCUT2D eigenvalue weighted by Crippen LogP contribution is 2.19. The average Bonchev–Trinajstić information content (AvgIpc) is 2.53. The molecule has 0 fully saturated rings. The van der Waals surface area contributed by atoms with E-state index in [1.807, 2.05) is 32.0 Å². The number of sulfonamides is 1. The van der Waals surface area contributed by atoms with E-state index in [4.69, 9.17) is 4.74 Å². The van der Waals surface area contributed by atoms with Crippen molar-refractivity contribution in [3.05, 3.63) is 58.7 Å². The van der Waals surface area contributed by atoms with Crippen LogP contribution in [0.2, 0.25) is 0 Å². The summed E-state index contributed by atoms with van der Waals surface area (Å²) >= 11 is 0. The van der Waals surface area contributed by atoms with E-state index in [-0.39, 0.29) is 5.91 Å². The molecule has 0 aliphatic carbocycles. The number of amides is 1. The normalized spacial score (nSPS) is 11.1. The molecular formula is C19H24N2O4S. The van der Waals surface area contributed by atoms with Gasteiger partial charge in [0.15, 0.2) is 0 Å². The molecule has 0 unspecified atom stereocenters. The molecule has 140 valence electrons. The molecular weight excluding hydrogens is 352 g/mol. The Hall–Kier alpha value is -2.54. The molecule has 2 N–H and O–H groups in total. The zero-order valence-corrected chi connectivity index (χ0v) is 16.2. The van der Waals surface area contributed by atoms with Crippen LogP contribution in [0.15, 0.2) is 36.4 Å². The van der Waals surface area contributed by atoms with E-state index >= 15 is 0 Å². The highest BCUT2D eigenvalue weighted by Gasteiger charge is 2.10. The van der Waals surface area contributed by atoms with Gasteiger partial charge in [-0.1, -0.05) is 17.7 Å². The van der Waals surface area contributed by atoms with Crippen LogP contribution in [0.5, 0.6) is 5.75 Å². The third-order valence-electron chi connectivity index (χ3n) is 3.76. The van der Waals surface area contributed by atoms with Crippen molar-refractivity contribution < 1.29 is 17.9 Å². The number of rotatable bonds is 7. The summed E-state index contributed by atoms with van der Waals surface area (Å²) in [5, 5.41) is 2.79. The third kappa shape index (κ3) is 5.77. The van der Waals surface area contributed by atoms with Crippen LogP contribution in [0.4, 0.5) is 5.69 Å². The van der Waals surface area contributed by atoms with Gasteiger partial charge in [-0.15, -0.1) is 0 Å². The molecule has 7 heteroatoms. The topological polar surface area (TPSA) is 84.5 Å². The van der Waals surface area contributed by atoms with Crippen molar-refractivity contribution in [2.24, 2.45) is 0 Å². The fraction of sp³-hybridized carbons (Fsp3) is 0.316. The van der Waals surface area contributed by atoms with Gasteiger partial charge in [0.05, 0.1) is 18.5 Å². The van der Waals surface area contributed by atoms with Gasteiger partial charge in [0.2, 0.25) is 10.0 Å². The highest BCUT2D eigenvalue weighted by atomic mass is 32.2. The number of hydrogen-bond acceptors (Lipinski definition) is 4. The van der Waals surface area contributed by atoms with Crippen LogP contribution >= 0.6 is 0 Å². The van der Waals surface area contributed by atoms with Crippen molar-refractivity contribution >= 4 is 21.6 Å². The molecule has 0 spiro atoms. The maximum Gasteiger partial charge on any atom is 0.251 e. The second-order valence-corrected chi connectivity index (χ2v) is 8.03. The molecule has 0 atom stereocenters. The average molecular weight is 376 g/mol. The molecule has 26 heavy (non-hydrogen) atoms. The molecule has 1 amide bonds. The van der Waals surface area contributed by atoms with Crippen LogP contribution < -0.4 is 14.8 Å². The number of nitrogens with one attached hydrogen (secondary N) is 2. The van der Waals surface area contributed by atoms with Crippen molar-refractivity contribution in [2.45, 2.75) is 20.8 Å². The molecule has 0 aliphatic rings. The number of anilines is 1. The van der Waals surface area contributed by atoms with Crippen molar-refractivity contribution in [3.63, 3.8) is 0 Å². The molecule has 0 heterocycles. The number of carbonyl (C=O) groups excluding carboxylic acids is 1. The van der Waals surface area contributed by atoms with Gasteiger partial charge in [-0.3, -0.25) is 9.52 Å². The van der Waals surface area contributed by atoms with Gasteiger partial charge in [0.25, 0.3) is 5.91 Å². The van der Waals surface area contributed by atoms with E-state index in [2.05, 4.69) is 10.0 Å². The Morgan fingerprint density at radius 2 is 1.77 bits per heavy atom. The molecule has 0 aliphatic heterocycles. The molecule has 2 aromatic rings. The smallest absolute Gasteiger partial charge is 0.251 e. The number of ether oxygens (including phenoxy) is 1. The molecule has 0 bridgehead atoms. The fourth-order valence-corrected chi connectivity index (χ4v) is 3.14. The van der Waals surface area contributed by atoms with Crippen molar-refractivity contribution in [1.29, 1.82) is 0 Å². The Morgan fingerprint density at radius 1 is 1.04 bits per heavy atom. The number of benzene rings is 2. The lowest BCUT2D eigenvalue weighted by atomic mass is 10.1. The monoisotopic (exact) mass is 376 g/mol. The Morgan fingerprint density at radius 3 is 2.38 bits per heavy atom. The number of carbonyl (C=O) groups is 1. The summed E-state index contributed by atoms with van der Waals surface area (Å²) in [5.41, 5.74) is 3.83. The van der Waals surface area contributed by atoms with E-state index in [9.17, 15) is 13.2 Å². The van der Waals surface area contributed by atoms with Crippen molar-refractivity contribution in [3.8, 4) is 5.75 Å². The SMILES string of the molecule is Cc1ccc(OCCNC(=O)c2ccc(NS(C)(=O)=O)c(C)c2)c(C)c1. The first kappa shape index (κ1) is 19.8. The van der Waals surface area contributed by atoms with E-state index in [1.54, 1.807) is 25.1 Å². The van der Waals surface area contributed by atoms with Crippen LogP contribution in [0.3, 0.4) is 0 Å². The lowest BCUT2D eigenvalue weighted by Gasteiger charge is -2.12. The van der Waals surface area contributed by atoms with Gasteiger partial charge < -0.3 is 10.1 Å². The number of hydrogen-bond donors (Lipinski definition) is 2. The molecule has 0 saturated carbocycles. The molecule has 2 rings (SSSR count). The highest BCUT2D eigenvalue weighted by molar-refractivity contribution is 7.92. The summed E-state index contributed by atoms with van der Waals surface area (Å²) in [4.78, 5) is 12.2. The summed E-state index contributed by atoms with van der Waals surface area (Å²) in [5.74, 6) is 0.570. The molecule has 2 aromatic carbocycles. The maximum atomic E-state index is 12.2. The van der Waals surface area contributed by atoms with E-state index in [0.29, 0.717) is 30.0 Å². The molecule has 0 radical (unpaired) electrons. The Kier molecular flexibility index (Phi) is 6.26. The zero-order valence-electron chi connectivity index (χ0n) is 15.4. The second-order valence-electron chi connectivity index (χ2n) is 6.28. The molecule has 0 saturated heterocycles. The van der Waals surface area contributed by atoms with Gasteiger partial charge in [0, 0.05) is 5.56 Å². The summed E-state index contributed by atoms with van der Waals surface area (Å²) in [6.45, 7) is 6.48. The summed E-state index contributed by atoms with van der Waals surface area (Å²) < 4.78 is 30.7. The lowest BCUT2D eigenvalue weighted by Crippen LogP contribution is -2.28. The predicted molar refractivity (Wildman–Crippen MR) is 103 cm³/mol. The van der Waals surface area contributed by atoms with E-state index in [1.165, 1.54) is 5.56 Å². The lowest BCUT2D eigenvalue weighted by molar-refractivity contribution is 0.0947. The zero-order chi connectivity index (χ0) is 19.3. The summed E-state index contributed by atoms with van der Waals surface area (Å²) in [6, 6.07) is 10.8. The Labute approximate surface area is 154 Å². The first-order chi connectivity index (χ1) is 12.2. The van der Waals surface area contributed by atoms with Crippen LogP contribution in [-0.4, -0.2) is 33.7 Å². The Bertz CT molecular complexity index is 908. The van der Waals surface area contributed by atoms with Crippen LogP contribution in [0, 0.1) is 20.8 Å². The largest absolute Gasteiger partial charge is 0.491 e. The minimum atomic E-state index is -3.35. The van der Waals surface area contributed by atoms with Crippen molar-refractivity contribution in [1.82, 2.24) is 5.32 Å². The van der Waals surface area contributed by atoms with Gasteiger partial charge in [-0.2, -0.15) is 0 Å². The third-order valence-corrected chi connectivity index (χ3v) is 4.35. The first-order valence-corrected chi connectivity index (χ1v) is 10.1. The first-order valence-electron chi connectivity index (χ1n) is 8.22. The van der Waals surface area contributed by atoms with E-state index < -0.39 is 10.0 Å². The predicted octanol–water partition coefficient (Wildman–Crippen LogP) is 2.79. The maximum absolute atomic E-state index is 12.2. The minimum absolute atomic E-state index is 0.233. The van der Waals surface area contributed by atoms with Gasteiger partial charge in [-0.25, -0.2) is 8.42 Å². The molecule has 6 nitrogen and oxygen atoms in total. The summed E-state index contributed by atoms with van der Waals surface area (Å²) in [7, 11) is -3.35. The molecule has 0 aromatic heterocycles. The minimum Gasteiger partial charge on any atom is -0.491 e. The van der Waals surface area contributed by atoms with Gasteiger partial charge >= 0.3 is 0 Å². The standard InChI is InChI=1S/C19H24N2O4S/c1-13-5-8-18(15(3)11-13)25-10-9-20-19(22)16-6-7-17(14(2)12-16)21-26(4,23)24/h5-8,11-12,21H,9-10H2,1-4H3,(H,20,22). The van der Waals surface area contributed by atoms with Gasteiger partial charge in [0.1, 0.15) is 12.4 Å². The van der Waals surface area contributed by atoms with Gasteiger partial charge in [-0.05, 0) is 56.2 Å². The van der Waals surface area contributed by atoms with E-state index in [0.717, 1.165) is 17.6 Å². The quantitative estimate of drug-likeness (QED) is 0.728. The van der Waals surface area contributed by atoms with Crippen LogP contribution in [0.1, 0.15) is 27.0 Å². The second kappa shape index (κ2) is 8.23. The van der Waals surface area contributed by atoms with Crippen molar-refractivity contribution in [2.75, 3.05) is 24.1 Å². The van der Waals surface area contributed by atoms with Crippen LogP contribution in [0.25, 0.3) is 0 Å². The summed E-state index contributed by atoms with van der Waals surface area (Å²) in [6.07, 6.45) is 1.09. The van der Waals surface area contributed by atoms with Crippen LogP contribution in [-0.2, 0) is 10.0 Å².